The quantitative estimate of drug-likeness (QED) is 0.726. The molecule has 0 radical (unpaired) electrons. The van der Waals surface area contributed by atoms with E-state index in [2.05, 4.69) is 15.3 Å². The number of hydrogen-bond donors (Lipinski definition) is 2. The van der Waals surface area contributed by atoms with E-state index >= 15 is 0 Å². The molecule has 0 saturated heterocycles. The summed E-state index contributed by atoms with van der Waals surface area (Å²) in [6.07, 6.45) is 0. The topological polar surface area (TPSA) is 99.4 Å². The van der Waals surface area contributed by atoms with Crippen molar-refractivity contribution in [3.8, 4) is 5.88 Å². The van der Waals surface area contributed by atoms with Gasteiger partial charge in [-0.2, -0.15) is 4.98 Å². The van der Waals surface area contributed by atoms with Crippen LogP contribution in [0.3, 0.4) is 0 Å². The number of carbonyl (C=O) groups is 1. The fraction of sp³-hybridized carbons (Fsp3) is 0.444. The first kappa shape index (κ1) is 13.6. The first-order chi connectivity index (χ1) is 8.06. The molecule has 0 aliphatic carbocycles. The second-order valence-corrected chi connectivity index (χ2v) is 3.49. The van der Waals surface area contributed by atoms with Crippen molar-refractivity contribution in [3.63, 3.8) is 0 Å². The highest BCUT2D eigenvalue weighted by Crippen LogP contribution is 2.15. The molecule has 94 valence electrons. The molecule has 1 heterocycles. The number of hydrogen-bond acceptors (Lipinski definition) is 6. The predicted octanol–water partition coefficient (Wildman–Crippen LogP) is 0.0508. The van der Waals surface area contributed by atoms with E-state index in [1.54, 1.807) is 0 Å². The molecule has 0 saturated carbocycles. The minimum Gasteiger partial charge on any atom is -0.481 e. The molecule has 7 nitrogen and oxygen atoms in total. The third kappa shape index (κ3) is 4.14. The molecular weight excluding hydrogens is 248 g/mol. The maximum Gasteiger partial charge on any atom is 0.246 e. The highest BCUT2D eigenvalue weighted by atomic mass is 35.5. The third-order valence-electron chi connectivity index (χ3n) is 1.80. The van der Waals surface area contributed by atoms with Crippen LogP contribution in [0.25, 0.3) is 0 Å². The van der Waals surface area contributed by atoms with Crippen molar-refractivity contribution in [1.82, 2.24) is 9.97 Å². The molecule has 17 heavy (non-hydrogen) atoms. The van der Waals surface area contributed by atoms with Gasteiger partial charge in [0.05, 0.1) is 13.7 Å². The van der Waals surface area contributed by atoms with Crippen molar-refractivity contribution in [2.45, 2.75) is 6.04 Å². The van der Waals surface area contributed by atoms with Crippen LogP contribution >= 0.6 is 11.6 Å². The number of aromatic nitrogens is 2. The summed E-state index contributed by atoms with van der Waals surface area (Å²) in [6.45, 7) is 0.101. The van der Waals surface area contributed by atoms with Crippen LogP contribution in [-0.2, 0) is 9.53 Å². The Labute approximate surface area is 103 Å². The highest BCUT2D eigenvalue weighted by Gasteiger charge is 2.15. The average Bonchev–Trinajstić information content (AvgIpc) is 2.28. The lowest BCUT2D eigenvalue weighted by molar-refractivity contribution is -0.118. The standard InChI is InChI=1S/C9H13ClN4O3/c1-16-4-5(11)8(15)14-9-12-6(10)3-7(13-9)17-2/h3,5H,4,11H2,1-2H3,(H,12,13,14,15). The zero-order valence-electron chi connectivity index (χ0n) is 9.44. The third-order valence-corrected chi connectivity index (χ3v) is 1.99. The monoisotopic (exact) mass is 260 g/mol. The number of rotatable bonds is 5. The van der Waals surface area contributed by atoms with Gasteiger partial charge in [0, 0.05) is 13.2 Å². The van der Waals surface area contributed by atoms with E-state index in [4.69, 9.17) is 26.8 Å². The van der Waals surface area contributed by atoms with Crippen LogP contribution in [0.1, 0.15) is 0 Å². The summed E-state index contributed by atoms with van der Waals surface area (Å²) >= 11 is 5.71. The fourth-order valence-corrected chi connectivity index (χ4v) is 1.19. The first-order valence-corrected chi connectivity index (χ1v) is 5.08. The Morgan fingerprint density at radius 3 is 2.88 bits per heavy atom. The molecule has 0 spiro atoms. The van der Waals surface area contributed by atoms with Crippen molar-refractivity contribution < 1.29 is 14.3 Å². The van der Waals surface area contributed by atoms with Crippen molar-refractivity contribution in [3.05, 3.63) is 11.2 Å². The van der Waals surface area contributed by atoms with E-state index in [9.17, 15) is 4.79 Å². The Hall–Kier alpha value is -1.44. The summed E-state index contributed by atoms with van der Waals surface area (Å²) in [4.78, 5) is 19.2. The van der Waals surface area contributed by atoms with Gasteiger partial charge in [0.15, 0.2) is 0 Å². The van der Waals surface area contributed by atoms with Gasteiger partial charge in [0.25, 0.3) is 0 Å². The lowest BCUT2D eigenvalue weighted by atomic mass is 10.3. The molecule has 3 N–H and O–H groups in total. The lowest BCUT2D eigenvalue weighted by Gasteiger charge is -2.10. The SMILES string of the molecule is COCC(N)C(=O)Nc1nc(Cl)cc(OC)n1. The molecule has 1 atom stereocenters. The number of ether oxygens (including phenoxy) is 2. The number of methoxy groups -OCH3 is 2. The number of anilines is 1. The number of nitrogens with zero attached hydrogens (tertiary/aromatic N) is 2. The van der Waals surface area contributed by atoms with E-state index in [-0.39, 0.29) is 23.6 Å². The maximum absolute atomic E-state index is 11.5. The van der Waals surface area contributed by atoms with Crippen molar-refractivity contribution >= 4 is 23.5 Å². The van der Waals surface area contributed by atoms with Crippen molar-refractivity contribution in [1.29, 1.82) is 0 Å². The first-order valence-electron chi connectivity index (χ1n) is 4.70. The predicted molar refractivity (Wildman–Crippen MR) is 62.1 cm³/mol. The Balaban J connectivity index is 2.74. The molecule has 1 aromatic heterocycles. The van der Waals surface area contributed by atoms with Gasteiger partial charge in [-0.1, -0.05) is 11.6 Å². The molecule has 8 heteroatoms. The van der Waals surface area contributed by atoms with E-state index in [1.807, 2.05) is 0 Å². The Morgan fingerprint density at radius 2 is 2.29 bits per heavy atom. The van der Waals surface area contributed by atoms with Gasteiger partial charge in [-0.3, -0.25) is 10.1 Å². The summed E-state index contributed by atoms with van der Waals surface area (Å²) in [5, 5.41) is 2.57. The van der Waals surface area contributed by atoms with Crippen molar-refractivity contribution in [2.75, 3.05) is 26.1 Å². The molecule has 0 aromatic carbocycles. The molecule has 1 aromatic rings. The average molecular weight is 261 g/mol. The molecule has 1 amide bonds. The second kappa shape index (κ2) is 6.33. The van der Waals surface area contributed by atoms with Crippen LogP contribution in [0.2, 0.25) is 5.15 Å². The van der Waals surface area contributed by atoms with E-state index in [1.165, 1.54) is 20.3 Å². The highest BCUT2D eigenvalue weighted by molar-refractivity contribution is 6.29. The number of nitrogens with two attached hydrogens (primary N) is 1. The van der Waals surface area contributed by atoms with Crippen LogP contribution in [-0.4, -0.2) is 42.7 Å². The van der Waals surface area contributed by atoms with Gasteiger partial charge in [0.1, 0.15) is 11.2 Å². The van der Waals surface area contributed by atoms with Gasteiger partial charge in [-0.05, 0) is 0 Å². The van der Waals surface area contributed by atoms with Crippen LogP contribution < -0.4 is 15.8 Å². The number of halogens is 1. The van der Waals surface area contributed by atoms with Crippen LogP contribution in [0.4, 0.5) is 5.95 Å². The van der Waals surface area contributed by atoms with Crippen LogP contribution in [0.5, 0.6) is 5.88 Å². The van der Waals surface area contributed by atoms with E-state index < -0.39 is 11.9 Å². The van der Waals surface area contributed by atoms with Gasteiger partial charge < -0.3 is 15.2 Å². The van der Waals surface area contributed by atoms with Gasteiger partial charge in [-0.15, -0.1) is 0 Å². The smallest absolute Gasteiger partial charge is 0.246 e. The summed E-state index contributed by atoms with van der Waals surface area (Å²) in [6, 6.07) is 0.625. The summed E-state index contributed by atoms with van der Waals surface area (Å²) < 4.78 is 9.64. The second-order valence-electron chi connectivity index (χ2n) is 3.11. The van der Waals surface area contributed by atoms with E-state index in [0.29, 0.717) is 0 Å². The Morgan fingerprint density at radius 1 is 1.59 bits per heavy atom. The van der Waals surface area contributed by atoms with Crippen molar-refractivity contribution in [2.24, 2.45) is 5.73 Å². The summed E-state index contributed by atoms with van der Waals surface area (Å²) in [5.74, 6) is -0.178. The normalized spacial score (nSPS) is 12.0. The number of amides is 1. The van der Waals surface area contributed by atoms with E-state index in [0.717, 1.165) is 0 Å². The fourth-order valence-electron chi connectivity index (χ4n) is 1.02. The molecular formula is C9H13ClN4O3. The molecule has 0 aliphatic rings. The van der Waals surface area contributed by atoms with Crippen LogP contribution in [0, 0.1) is 0 Å². The van der Waals surface area contributed by atoms with Gasteiger partial charge in [0.2, 0.25) is 17.7 Å². The van der Waals surface area contributed by atoms with Gasteiger partial charge >= 0.3 is 0 Å². The molecule has 0 bridgehead atoms. The Bertz CT molecular complexity index is 402. The number of nitrogens with one attached hydrogen (secondary N) is 1. The molecule has 1 unspecified atom stereocenters. The largest absolute Gasteiger partial charge is 0.481 e. The van der Waals surface area contributed by atoms with Crippen LogP contribution in [0.15, 0.2) is 6.07 Å². The minimum atomic E-state index is -0.798. The molecule has 0 aliphatic heterocycles. The zero-order valence-corrected chi connectivity index (χ0v) is 10.2. The summed E-state index contributed by atoms with van der Waals surface area (Å²) in [7, 11) is 2.88. The zero-order chi connectivity index (χ0) is 12.8. The molecule has 0 fully saturated rings. The molecule has 1 rings (SSSR count). The van der Waals surface area contributed by atoms with Gasteiger partial charge in [-0.25, -0.2) is 4.98 Å². The minimum absolute atomic E-state index is 0.0332. The Kier molecular flexibility index (Phi) is 5.08. The lowest BCUT2D eigenvalue weighted by Crippen LogP contribution is -2.39. The summed E-state index contributed by atoms with van der Waals surface area (Å²) in [5.41, 5.74) is 5.53. The number of carbonyl (C=O) groups excluding carboxylic acids is 1. The maximum atomic E-state index is 11.5.